The van der Waals surface area contributed by atoms with Crippen LogP contribution in [0.3, 0.4) is 0 Å². The molecule has 6 heteroatoms. The number of halogens is 1. The molecule has 1 saturated carbocycles. The van der Waals surface area contributed by atoms with Gasteiger partial charge in [0.05, 0.1) is 16.8 Å². The van der Waals surface area contributed by atoms with E-state index in [0.717, 1.165) is 12.0 Å². The third kappa shape index (κ3) is 2.99. The molecule has 0 heterocycles. The van der Waals surface area contributed by atoms with Crippen LogP contribution in [0.15, 0.2) is 53.4 Å². The van der Waals surface area contributed by atoms with Crippen molar-refractivity contribution in [3.63, 3.8) is 0 Å². The van der Waals surface area contributed by atoms with E-state index >= 15 is 0 Å². The molecule has 3 N–H and O–H groups in total. The number of rotatable bonds is 6. The molecule has 0 amide bonds. The maximum atomic E-state index is 13.1. The van der Waals surface area contributed by atoms with Crippen molar-refractivity contribution in [3.05, 3.63) is 64.7 Å². The van der Waals surface area contributed by atoms with Crippen molar-refractivity contribution in [1.29, 1.82) is 0 Å². The minimum Gasteiger partial charge on any atom is -0.396 e. The van der Waals surface area contributed by atoms with E-state index < -0.39 is 20.5 Å². The molecule has 1 fully saturated rings. The third-order valence-electron chi connectivity index (χ3n) is 5.28. The van der Waals surface area contributed by atoms with Crippen molar-refractivity contribution >= 4 is 21.4 Å². The standard InChI is InChI=1S/C19H22ClNO3S/c1-2-13-3-5-14(6-4-13)17-18(19(17,11-21)12-22)25(23,24)16-9-7-15(20)8-10-16/h3-10,17-18,22H,2,11-12,21H2,1H3/t17-,18-,19-/m1/s1. The first kappa shape index (κ1) is 18.4. The lowest BCUT2D eigenvalue weighted by molar-refractivity contribution is 0.212. The fraction of sp³-hybridized carbons (Fsp3) is 0.368. The summed E-state index contributed by atoms with van der Waals surface area (Å²) in [6.07, 6.45) is 0.916. The van der Waals surface area contributed by atoms with Gasteiger partial charge < -0.3 is 10.8 Å². The van der Waals surface area contributed by atoms with Crippen molar-refractivity contribution in [2.45, 2.75) is 29.4 Å². The lowest BCUT2D eigenvalue weighted by Gasteiger charge is -2.12. The molecule has 3 atom stereocenters. The van der Waals surface area contributed by atoms with E-state index in [9.17, 15) is 13.5 Å². The molecule has 0 aromatic heterocycles. The predicted molar refractivity (Wildman–Crippen MR) is 99.6 cm³/mol. The zero-order valence-electron chi connectivity index (χ0n) is 14.0. The second kappa shape index (κ2) is 6.72. The van der Waals surface area contributed by atoms with Crippen molar-refractivity contribution < 1.29 is 13.5 Å². The van der Waals surface area contributed by atoms with Gasteiger partial charge in [0.2, 0.25) is 0 Å². The third-order valence-corrected chi connectivity index (χ3v) is 7.87. The van der Waals surface area contributed by atoms with Gasteiger partial charge in [-0.3, -0.25) is 0 Å². The molecule has 2 aromatic rings. The molecular formula is C19H22ClNO3S. The van der Waals surface area contributed by atoms with Gasteiger partial charge in [0.15, 0.2) is 9.84 Å². The SMILES string of the molecule is CCc1ccc([C@@H]2[C@@H](S(=O)(=O)c3ccc(Cl)cc3)[C@]2(CN)CO)cc1. The molecule has 0 unspecified atom stereocenters. The predicted octanol–water partition coefficient (Wildman–Crippen LogP) is 2.78. The monoisotopic (exact) mass is 379 g/mol. The summed E-state index contributed by atoms with van der Waals surface area (Å²) in [5.74, 6) is -0.311. The molecule has 134 valence electrons. The van der Waals surface area contributed by atoms with Gasteiger partial charge in [0.1, 0.15) is 0 Å². The zero-order valence-corrected chi connectivity index (χ0v) is 15.6. The van der Waals surface area contributed by atoms with Crippen molar-refractivity contribution in [1.82, 2.24) is 0 Å². The van der Waals surface area contributed by atoms with E-state index in [1.54, 1.807) is 12.1 Å². The van der Waals surface area contributed by atoms with E-state index in [0.29, 0.717) is 5.02 Å². The summed E-state index contributed by atoms with van der Waals surface area (Å²) in [5.41, 5.74) is 7.15. The second-order valence-corrected chi connectivity index (χ2v) is 9.09. The van der Waals surface area contributed by atoms with Gasteiger partial charge in [-0.1, -0.05) is 42.8 Å². The van der Waals surface area contributed by atoms with Crippen LogP contribution in [-0.2, 0) is 16.3 Å². The smallest absolute Gasteiger partial charge is 0.182 e. The van der Waals surface area contributed by atoms with E-state index in [4.69, 9.17) is 17.3 Å². The highest BCUT2D eigenvalue weighted by Gasteiger charge is 2.70. The average Bonchev–Trinajstić information content (AvgIpc) is 3.33. The fourth-order valence-corrected chi connectivity index (χ4v) is 6.25. The number of aliphatic hydroxyl groups is 1. The van der Waals surface area contributed by atoms with E-state index in [1.165, 1.54) is 17.7 Å². The molecule has 0 bridgehead atoms. The Morgan fingerprint density at radius 3 is 2.20 bits per heavy atom. The zero-order chi connectivity index (χ0) is 18.2. The Hall–Kier alpha value is -1.40. The topological polar surface area (TPSA) is 80.4 Å². The Morgan fingerprint density at radius 2 is 1.72 bits per heavy atom. The first-order valence-corrected chi connectivity index (χ1v) is 10.2. The summed E-state index contributed by atoms with van der Waals surface area (Å²) in [5, 5.41) is 9.70. The average molecular weight is 380 g/mol. The van der Waals surface area contributed by atoms with Crippen LogP contribution >= 0.6 is 11.6 Å². The number of aryl methyl sites for hydroxylation is 1. The van der Waals surface area contributed by atoms with Crippen molar-refractivity contribution in [3.8, 4) is 0 Å². The fourth-order valence-electron chi connectivity index (χ4n) is 3.68. The molecule has 3 rings (SSSR count). The van der Waals surface area contributed by atoms with Crippen LogP contribution in [0.1, 0.15) is 24.0 Å². The molecular weight excluding hydrogens is 358 g/mol. The first-order valence-electron chi connectivity index (χ1n) is 8.30. The van der Waals surface area contributed by atoms with Crippen LogP contribution in [0, 0.1) is 5.41 Å². The molecule has 1 aliphatic rings. The van der Waals surface area contributed by atoms with Crippen molar-refractivity contribution in [2.75, 3.05) is 13.2 Å². The maximum Gasteiger partial charge on any atom is 0.182 e. The Morgan fingerprint density at radius 1 is 1.12 bits per heavy atom. The van der Waals surface area contributed by atoms with E-state index in [2.05, 4.69) is 6.92 Å². The van der Waals surface area contributed by atoms with Gasteiger partial charge in [-0.25, -0.2) is 8.42 Å². The Bertz CT molecular complexity index is 843. The summed E-state index contributed by atoms with van der Waals surface area (Å²) in [4.78, 5) is 0.209. The summed E-state index contributed by atoms with van der Waals surface area (Å²) in [6.45, 7) is 1.92. The highest BCUT2D eigenvalue weighted by molar-refractivity contribution is 7.92. The number of sulfone groups is 1. The van der Waals surface area contributed by atoms with Gasteiger partial charge in [-0.2, -0.15) is 0 Å². The summed E-state index contributed by atoms with van der Waals surface area (Å²) in [6, 6.07) is 14.0. The van der Waals surface area contributed by atoms with Crippen LogP contribution < -0.4 is 5.73 Å². The van der Waals surface area contributed by atoms with Gasteiger partial charge in [-0.05, 0) is 41.8 Å². The molecule has 2 aromatic carbocycles. The van der Waals surface area contributed by atoms with Gasteiger partial charge in [0.25, 0.3) is 0 Å². The van der Waals surface area contributed by atoms with E-state index in [-0.39, 0.29) is 24.0 Å². The Labute approximate surface area is 153 Å². The van der Waals surface area contributed by atoms with Crippen molar-refractivity contribution in [2.24, 2.45) is 11.1 Å². The first-order chi connectivity index (χ1) is 11.9. The molecule has 1 aliphatic carbocycles. The normalized spacial score (nSPS) is 25.8. The summed E-state index contributed by atoms with van der Waals surface area (Å²) in [7, 11) is -3.63. The molecule has 0 saturated heterocycles. The number of hydrogen-bond acceptors (Lipinski definition) is 4. The quantitative estimate of drug-likeness (QED) is 0.808. The number of nitrogens with two attached hydrogens (primary N) is 1. The minimum absolute atomic E-state index is 0.112. The van der Waals surface area contributed by atoms with Gasteiger partial charge in [0, 0.05) is 22.9 Å². The van der Waals surface area contributed by atoms with Gasteiger partial charge >= 0.3 is 0 Å². The van der Waals surface area contributed by atoms with Crippen LogP contribution in [-0.4, -0.2) is 31.9 Å². The largest absolute Gasteiger partial charge is 0.396 e. The number of aliphatic hydroxyl groups excluding tert-OH is 1. The number of hydrogen-bond donors (Lipinski definition) is 2. The van der Waals surface area contributed by atoms with Crippen LogP contribution in [0.2, 0.25) is 5.02 Å². The minimum atomic E-state index is -3.63. The lowest BCUT2D eigenvalue weighted by atomic mass is 9.99. The molecule has 0 aliphatic heterocycles. The lowest BCUT2D eigenvalue weighted by Crippen LogP contribution is -2.27. The molecule has 4 nitrogen and oxygen atoms in total. The summed E-state index contributed by atoms with van der Waals surface area (Å²) >= 11 is 5.87. The highest BCUT2D eigenvalue weighted by atomic mass is 35.5. The van der Waals surface area contributed by atoms with Crippen LogP contribution in [0.5, 0.6) is 0 Å². The Kier molecular flexibility index (Phi) is 4.95. The van der Waals surface area contributed by atoms with Gasteiger partial charge in [-0.15, -0.1) is 0 Å². The Balaban J connectivity index is 2.02. The van der Waals surface area contributed by atoms with E-state index in [1.807, 2.05) is 24.3 Å². The highest BCUT2D eigenvalue weighted by Crippen LogP contribution is 2.63. The molecule has 0 radical (unpaired) electrons. The second-order valence-electron chi connectivity index (χ2n) is 6.59. The molecule has 25 heavy (non-hydrogen) atoms. The maximum absolute atomic E-state index is 13.1. The number of benzene rings is 2. The summed E-state index contributed by atoms with van der Waals surface area (Å²) < 4.78 is 26.3. The molecule has 0 spiro atoms. The van der Waals surface area contributed by atoms with Crippen LogP contribution in [0.4, 0.5) is 0 Å². The van der Waals surface area contributed by atoms with Crippen LogP contribution in [0.25, 0.3) is 0 Å².